The third-order valence-corrected chi connectivity index (χ3v) is 6.84. The van der Waals surface area contributed by atoms with Crippen molar-refractivity contribution >= 4 is 17.1 Å². The van der Waals surface area contributed by atoms with Crippen LogP contribution in [0.2, 0.25) is 0 Å². The molecule has 0 atom stereocenters. The lowest BCUT2D eigenvalue weighted by Crippen LogP contribution is -2.22. The number of rotatable bonds is 5. The molecular weight excluding hydrogens is 432 g/mol. The number of methoxy groups -OCH3 is 1. The molecule has 4 nitrogen and oxygen atoms in total. The van der Waals surface area contributed by atoms with Gasteiger partial charge in [0.15, 0.2) is 0 Å². The first-order chi connectivity index (χ1) is 16.9. The lowest BCUT2D eigenvalue weighted by atomic mass is 9.71. The second-order valence-electron chi connectivity index (χ2n) is 9.53. The van der Waals surface area contributed by atoms with Gasteiger partial charge in [-0.25, -0.2) is 9.78 Å². The molecule has 5 rings (SSSR count). The zero-order valence-electron chi connectivity index (χ0n) is 20.3. The van der Waals surface area contributed by atoms with E-state index in [1.807, 2.05) is 29.2 Å². The Morgan fingerprint density at radius 3 is 2.31 bits per heavy atom. The Balaban J connectivity index is 1.51. The van der Waals surface area contributed by atoms with Crippen LogP contribution in [-0.2, 0) is 10.2 Å². The summed E-state index contributed by atoms with van der Waals surface area (Å²) >= 11 is 0. The van der Waals surface area contributed by atoms with Crippen molar-refractivity contribution in [2.24, 2.45) is 0 Å². The van der Waals surface area contributed by atoms with Crippen LogP contribution in [0.5, 0.6) is 0 Å². The van der Waals surface area contributed by atoms with Crippen LogP contribution in [0.3, 0.4) is 0 Å². The van der Waals surface area contributed by atoms with Crippen molar-refractivity contribution in [2.45, 2.75) is 25.7 Å². The van der Waals surface area contributed by atoms with E-state index in [0.717, 1.165) is 28.8 Å². The minimum atomic E-state index is -0.341. The number of carbonyl (C=O) groups is 1. The Bertz CT molecular complexity index is 1420. The number of nitrogens with zero attached hydrogens (tertiary/aromatic N) is 2. The van der Waals surface area contributed by atoms with Crippen molar-refractivity contribution in [3.63, 3.8) is 0 Å². The van der Waals surface area contributed by atoms with Gasteiger partial charge in [-0.2, -0.15) is 0 Å². The molecule has 0 fully saturated rings. The van der Waals surface area contributed by atoms with Crippen LogP contribution in [0.15, 0.2) is 98.1 Å². The SMILES string of the molecule is C=C(c1ccc(C(=O)OC)cc1)c1ccc2c(c1)C(c1ccc(-n3ccnc3)cc1)=CCC2(C)C. The van der Waals surface area contributed by atoms with E-state index >= 15 is 0 Å². The highest BCUT2D eigenvalue weighted by Gasteiger charge is 2.29. The Hall–Kier alpha value is -4.18. The summed E-state index contributed by atoms with van der Waals surface area (Å²) < 4.78 is 6.82. The van der Waals surface area contributed by atoms with Crippen LogP contribution in [0.1, 0.15) is 58.4 Å². The number of fused-ring (bicyclic) bond motifs is 1. The highest BCUT2D eigenvalue weighted by atomic mass is 16.5. The topological polar surface area (TPSA) is 44.1 Å². The predicted molar refractivity (Wildman–Crippen MR) is 141 cm³/mol. The molecular formula is C31H28N2O2. The highest BCUT2D eigenvalue weighted by molar-refractivity contribution is 5.91. The summed E-state index contributed by atoms with van der Waals surface area (Å²) in [6, 6.07) is 22.7. The molecule has 1 aliphatic carbocycles. The summed E-state index contributed by atoms with van der Waals surface area (Å²) in [5.41, 5.74) is 9.63. The zero-order valence-corrected chi connectivity index (χ0v) is 20.3. The maximum Gasteiger partial charge on any atom is 0.337 e. The standard InChI is InChI=1S/C31H28N2O2/c1-21(22-5-7-24(8-6-22)30(34)35-4)25-11-14-29-28(19-25)27(15-16-31(29,2)3)23-9-12-26(13-10-23)33-18-17-32-20-33/h5-15,17-20H,1,16H2,2-4H3. The largest absolute Gasteiger partial charge is 0.465 e. The van der Waals surface area contributed by atoms with Gasteiger partial charge in [0.05, 0.1) is 19.0 Å². The van der Waals surface area contributed by atoms with Crippen molar-refractivity contribution in [1.29, 1.82) is 0 Å². The molecule has 3 aromatic carbocycles. The summed E-state index contributed by atoms with van der Waals surface area (Å²) in [5, 5.41) is 0. The molecule has 0 unspecified atom stereocenters. The van der Waals surface area contributed by atoms with E-state index < -0.39 is 0 Å². The first kappa shape index (κ1) is 22.6. The molecule has 0 saturated carbocycles. The molecule has 0 aliphatic heterocycles. The molecule has 4 aromatic rings. The Morgan fingerprint density at radius 2 is 1.66 bits per heavy atom. The molecule has 174 valence electrons. The molecule has 0 N–H and O–H groups in total. The van der Waals surface area contributed by atoms with E-state index in [4.69, 9.17) is 4.74 Å². The van der Waals surface area contributed by atoms with Crippen molar-refractivity contribution in [3.05, 3.63) is 131 Å². The number of imidazole rings is 1. The minimum Gasteiger partial charge on any atom is -0.465 e. The number of hydrogen-bond donors (Lipinski definition) is 0. The van der Waals surface area contributed by atoms with Crippen LogP contribution in [-0.4, -0.2) is 22.6 Å². The van der Waals surface area contributed by atoms with E-state index in [9.17, 15) is 4.79 Å². The average Bonchev–Trinajstić information content (AvgIpc) is 3.43. The first-order valence-electron chi connectivity index (χ1n) is 11.7. The Kier molecular flexibility index (Phi) is 5.73. The summed E-state index contributed by atoms with van der Waals surface area (Å²) in [5.74, 6) is -0.341. The van der Waals surface area contributed by atoms with Crippen LogP contribution in [0.4, 0.5) is 0 Å². The molecule has 1 heterocycles. The maximum absolute atomic E-state index is 11.8. The van der Waals surface area contributed by atoms with E-state index in [-0.39, 0.29) is 11.4 Å². The zero-order chi connectivity index (χ0) is 24.6. The van der Waals surface area contributed by atoms with Gasteiger partial charge in [0.2, 0.25) is 0 Å². The van der Waals surface area contributed by atoms with Gasteiger partial charge in [-0.05, 0) is 81.1 Å². The van der Waals surface area contributed by atoms with Crippen molar-refractivity contribution in [2.75, 3.05) is 7.11 Å². The van der Waals surface area contributed by atoms with Gasteiger partial charge >= 0.3 is 5.97 Å². The van der Waals surface area contributed by atoms with Gasteiger partial charge in [0, 0.05) is 18.1 Å². The summed E-state index contributed by atoms with van der Waals surface area (Å²) in [7, 11) is 1.39. The van der Waals surface area contributed by atoms with Crippen LogP contribution >= 0.6 is 0 Å². The van der Waals surface area contributed by atoms with Crippen LogP contribution in [0.25, 0.3) is 16.8 Å². The van der Waals surface area contributed by atoms with Gasteiger partial charge in [0.1, 0.15) is 0 Å². The number of hydrogen-bond acceptors (Lipinski definition) is 3. The third-order valence-electron chi connectivity index (χ3n) is 6.84. The molecule has 0 radical (unpaired) electrons. The molecule has 0 saturated heterocycles. The molecule has 0 amide bonds. The minimum absolute atomic E-state index is 0.0532. The molecule has 0 spiro atoms. The molecule has 1 aliphatic rings. The van der Waals surface area contributed by atoms with E-state index in [1.165, 1.54) is 29.4 Å². The Morgan fingerprint density at radius 1 is 0.971 bits per heavy atom. The van der Waals surface area contributed by atoms with Gasteiger partial charge in [-0.15, -0.1) is 0 Å². The lowest BCUT2D eigenvalue weighted by Gasteiger charge is -2.33. The van der Waals surface area contributed by atoms with Crippen molar-refractivity contribution in [3.8, 4) is 5.69 Å². The molecule has 0 bridgehead atoms. The fourth-order valence-corrected chi connectivity index (χ4v) is 4.71. The summed E-state index contributed by atoms with van der Waals surface area (Å²) in [6.45, 7) is 8.95. The molecule has 1 aromatic heterocycles. The number of benzene rings is 3. The number of allylic oxidation sites excluding steroid dienone is 1. The van der Waals surface area contributed by atoms with Gasteiger partial charge in [-0.3, -0.25) is 0 Å². The average molecular weight is 461 g/mol. The molecule has 35 heavy (non-hydrogen) atoms. The van der Waals surface area contributed by atoms with Crippen molar-refractivity contribution in [1.82, 2.24) is 9.55 Å². The fraction of sp³-hybridized carbons (Fsp3) is 0.161. The number of esters is 1. The normalized spacial score (nSPS) is 14.1. The predicted octanol–water partition coefficient (Wildman–Crippen LogP) is 6.83. The smallest absolute Gasteiger partial charge is 0.337 e. The second-order valence-corrected chi connectivity index (χ2v) is 9.53. The lowest BCUT2D eigenvalue weighted by molar-refractivity contribution is 0.0600. The van der Waals surface area contributed by atoms with Crippen LogP contribution in [0, 0.1) is 0 Å². The van der Waals surface area contributed by atoms with E-state index in [0.29, 0.717) is 5.56 Å². The summed E-state index contributed by atoms with van der Waals surface area (Å²) in [4.78, 5) is 15.9. The fourth-order valence-electron chi connectivity index (χ4n) is 4.71. The number of aromatic nitrogens is 2. The monoisotopic (exact) mass is 460 g/mol. The van der Waals surface area contributed by atoms with Crippen molar-refractivity contribution < 1.29 is 9.53 Å². The van der Waals surface area contributed by atoms with Crippen LogP contribution < -0.4 is 0 Å². The summed E-state index contributed by atoms with van der Waals surface area (Å²) in [6.07, 6.45) is 8.87. The first-order valence-corrected chi connectivity index (χ1v) is 11.7. The van der Waals surface area contributed by atoms with Gasteiger partial charge < -0.3 is 9.30 Å². The van der Waals surface area contributed by atoms with Gasteiger partial charge in [0.25, 0.3) is 0 Å². The third kappa shape index (κ3) is 4.24. The second kappa shape index (κ2) is 8.88. The number of carbonyl (C=O) groups excluding carboxylic acids is 1. The number of ether oxygens (including phenoxy) is 1. The Labute approximate surface area is 206 Å². The van der Waals surface area contributed by atoms with Gasteiger partial charge in [-0.1, -0.05) is 62.9 Å². The highest BCUT2D eigenvalue weighted by Crippen LogP contribution is 2.42. The quantitative estimate of drug-likeness (QED) is 0.307. The van der Waals surface area contributed by atoms with E-state index in [2.05, 4.69) is 74.0 Å². The molecule has 4 heteroatoms. The van der Waals surface area contributed by atoms with E-state index in [1.54, 1.807) is 18.3 Å². The maximum atomic E-state index is 11.8.